The van der Waals surface area contributed by atoms with Gasteiger partial charge in [0.05, 0.1) is 18.4 Å². The maximum atomic E-state index is 4.61. The van der Waals surface area contributed by atoms with Gasteiger partial charge in [-0.2, -0.15) is 5.10 Å². The molecule has 0 aromatic carbocycles. The number of likely N-dealkylation sites (tertiary alicyclic amines) is 1. The maximum Gasteiger partial charge on any atom is 0.193 e. The van der Waals surface area contributed by atoms with Crippen LogP contribution in [-0.2, 0) is 13.6 Å². The number of hydrogen-bond donors (Lipinski definition) is 1. The van der Waals surface area contributed by atoms with Crippen LogP contribution >= 0.6 is 35.3 Å². The Morgan fingerprint density at radius 3 is 3.04 bits per heavy atom. The summed E-state index contributed by atoms with van der Waals surface area (Å²) < 4.78 is 3.92. The Balaban J connectivity index is 0.00000182. The fourth-order valence-corrected chi connectivity index (χ4v) is 3.96. The normalized spacial score (nSPS) is 17.9. The molecular formula is C16H22IN7S. The van der Waals surface area contributed by atoms with Crippen molar-refractivity contribution < 1.29 is 0 Å². The maximum absolute atomic E-state index is 4.61. The summed E-state index contributed by atoms with van der Waals surface area (Å²) in [5.41, 5.74) is 2.34. The van der Waals surface area contributed by atoms with Crippen LogP contribution in [0.15, 0.2) is 35.2 Å². The lowest BCUT2D eigenvalue weighted by Crippen LogP contribution is -2.39. The monoisotopic (exact) mass is 471 g/mol. The number of nitrogens with one attached hydrogen (secondary N) is 1. The van der Waals surface area contributed by atoms with E-state index in [1.54, 1.807) is 11.3 Å². The van der Waals surface area contributed by atoms with Gasteiger partial charge in [0.2, 0.25) is 0 Å². The lowest BCUT2D eigenvalue weighted by molar-refractivity contribution is 0.485. The summed E-state index contributed by atoms with van der Waals surface area (Å²) in [5.74, 6) is 1.47. The van der Waals surface area contributed by atoms with Crippen molar-refractivity contribution in [3.05, 3.63) is 41.4 Å². The van der Waals surface area contributed by atoms with Crippen molar-refractivity contribution in [2.75, 3.05) is 20.1 Å². The van der Waals surface area contributed by atoms with Crippen molar-refractivity contribution in [1.82, 2.24) is 29.4 Å². The molecule has 9 heteroatoms. The van der Waals surface area contributed by atoms with Gasteiger partial charge < -0.3 is 10.2 Å². The molecule has 1 atom stereocenters. The highest BCUT2D eigenvalue weighted by atomic mass is 127. The van der Waals surface area contributed by atoms with E-state index in [0.717, 1.165) is 36.1 Å². The minimum atomic E-state index is 0. The summed E-state index contributed by atoms with van der Waals surface area (Å²) >= 11 is 1.65. The molecule has 0 amide bonds. The average Bonchev–Trinajstić information content (AvgIpc) is 3.30. The van der Waals surface area contributed by atoms with Crippen molar-refractivity contribution in [2.45, 2.75) is 18.9 Å². The number of guanidine groups is 1. The Labute approximate surface area is 167 Å². The second-order valence-corrected chi connectivity index (χ2v) is 6.98. The Kier molecular flexibility index (Phi) is 5.62. The summed E-state index contributed by atoms with van der Waals surface area (Å²) in [7, 11) is 3.80. The standard InChI is InChI=1S/C16H21N7S.HI/c1-17-15(18-8-14-11-23-5-6-24-16(23)20-14)22-4-3-12(10-22)13-7-19-21(2)9-13;/h5-7,9,11-12H,3-4,8,10H2,1-2H3,(H,17,18);1H. The van der Waals surface area contributed by atoms with Gasteiger partial charge in [-0.1, -0.05) is 0 Å². The van der Waals surface area contributed by atoms with E-state index in [2.05, 4.69) is 42.1 Å². The number of halogens is 1. The van der Waals surface area contributed by atoms with Crippen LogP contribution in [0.3, 0.4) is 0 Å². The molecule has 4 rings (SSSR count). The molecule has 1 N–H and O–H groups in total. The number of aromatic nitrogens is 4. The summed E-state index contributed by atoms with van der Waals surface area (Å²) in [6.45, 7) is 2.68. The third-order valence-corrected chi connectivity index (χ3v) is 5.24. The second-order valence-electron chi connectivity index (χ2n) is 6.10. The van der Waals surface area contributed by atoms with E-state index < -0.39 is 0 Å². The van der Waals surface area contributed by atoms with Crippen molar-refractivity contribution in [3.8, 4) is 0 Å². The number of fused-ring (bicyclic) bond motifs is 1. The van der Waals surface area contributed by atoms with E-state index in [0.29, 0.717) is 12.5 Å². The van der Waals surface area contributed by atoms with Crippen molar-refractivity contribution in [3.63, 3.8) is 0 Å². The molecule has 0 saturated carbocycles. The van der Waals surface area contributed by atoms with E-state index in [-0.39, 0.29) is 24.0 Å². The number of hydrogen-bond acceptors (Lipinski definition) is 4. The molecule has 4 heterocycles. The quantitative estimate of drug-likeness (QED) is 0.362. The zero-order chi connectivity index (χ0) is 16.5. The highest BCUT2D eigenvalue weighted by molar-refractivity contribution is 14.0. The first kappa shape index (κ1) is 18.2. The molecule has 0 spiro atoms. The van der Waals surface area contributed by atoms with Gasteiger partial charge in [-0.25, -0.2) is 4.98 Å². The first-order valence-electron chi connectivity index (χ1n) is 8.08. The smallest absolute Gasteiger partial charge is 0.193 e. The number of rotatable bonds is 3. The minimum absolute atomic E-state index is 0. The first-order chi connectivity index (χ1) is 11.7. The van der Waals surface area contributed by atoms with Gasteiger partial charge >= 0.3 is 0 Å². The summed E-state index contributed by atoms with van der Waals surface area (Å²) in [5, 5.41) is 9.77. The van der Waals surface area contributed by atoms with E-state index in [1.165, 1.54) is 5.56 Å². The van der Waals surface area contributed by atoms with E-state index in [4.69, 9.17) is 0 Å². The number of imidazole rings is 1. The van der Waals surface area contributed by atoms with Crippen LogP contribution in [0, 0.1) is 0 Å². The van der Waals surface area contributed by atoms with Gasteiger partial charge in [0.15, 0.2) is 10.9 Å². The molecule has 0 aliphatic carbocycles. The van der Waals surface area contributed by atoms with Crippen molar-refractivity contribution >= 4 is 46.2 Å². The molecule has 7 nitrogen and oxygen atoms in total. The number of aliphatic imine (C=N–C) groups is 1. The molecule has 25 heavy (non-hydrogen) atoms. The van der Waals surface area contributed by atoms with Crippen molar-refractivity contribution in [2.24, 2.45) is 12.0 Å². The lowest BCUT2D eigenvalue weighted by Gasteiger charge is -2.21. The SMILES string of the molecule is CN=C(NCc1cn2ccsc2n1)N1CCC(c2cnn(C)c2)C1.I. The van der Waals surface area contributed by atoms with E-state index >= 15 is 0 Å². The third kappa shape index (κ3) is 3.81. The summed E-state index contributed by atoms with van der Waals surface area (Å²) in [6, 6.07) is 0. The molecule has 1 saturated heterocycles. The number of aryl methyl sites for hydroxylation is 1. The molecule has 134 valence electrons. The van der Waals surface area contributed by atoms with Crippen LogP contribution in [0.5, 0.6) is 0 Å². The summed E-state index contributed by atoms with van der Waals surface area (Å²) in [6.07, 6.45) is 9.32. The van der Waals surface area contributed by atoms with Crippen LogP contribution in [-0.4, -0.2) is 50.2 Å². The Hall–Kier alpha value is -1.62. The van der Waals surface area contributed by atoms with Crippen molar-refractivity contribution in [1.29, 1.82) is 0 Å². The van der Waals surface area contributed by atoms with Gasteiger partial charge in [-0.15, -0.1) is 35.3 Å². The molecule has 3 aromatic rings. The van der Waals surface area contributed by atoms with Gasteiger partial charge in [0.25, 0.3) is 0 Å². The lowest BCUT2D eigenvalue weighted by atomic mass is 10.0. The van der Waals surface area contributed by atoms with Crippen LogP contribution in [0.4, 0.5) is 0 Å². The Morgan fingerprint density at radius 1 is 1.44 bits per heavy atom. The van der Waals surface area contributed by atoms with Crippen LogP contribution in [0.2, 0.25) is 0 Å². The molecule has 0 radical (unpaired) electrons. The highest BCUT2D eigenvalue weighted by Gasteiger charge is 2.26. The molecule has 1 unspecified atom stereocenters. The second kappa shape index (κ2) is 7.73. The third-order valence-electron chi connectivity index (χ3n) is 4.47. The zero-order valence-electron chi connectivity index (χ0n) is 14.3. The molecular weight excluding hydrogens is 449 g/mol. The number of nitrogens with zero attached hydrogens (tertiary/aromatic N) is 6. The predicted octanol–water partition coefficient (Wildman–Crippen LogP) is 2.31. The zero-order valence-corrected chi connectivity index (χ0v) is 17.4. The Morgan fingerprint density at radius 2 is 2.32 bits per heavy atom. The predicted molar refractivity (Wildman–Crippen MR) is 111 cm³/mol. The largest absolute Gasteiger partial charge is 0.351 e. The van der Waals surface area contributed by atoms with E-state index in [1.807, 2.05) is 36.6 Å². The van der Waals surface area contributed by atoms with E-state index in [9.17, 15) is 0 Å². The van der Waals surface area contributed by atoms with Crippen LogP contribution in [0.1, 0.15) is 23.6 Å². The molecule has 1 aliphatic rings. The molecule has 1 fully saturated rings. The fourth-order valence-electron chi connectivity index (χ4n) is 3.24. The topological polar surface area (TPSA) is 62.8 Å². The number of thiazole rings is 1. The molecule has 0 bridgehead atoms. The van der Waals surface area contributed by atoms with Gasteiger partial charge in [-0.3, -0.25) is 14.1 Å². The van der Waals surface area contributed by atoms with Gasteiger partial charge in [0.1, 0.15) is 0 Å². The average molecular weight is 471 g/mol. The Bertz CT molecular complexity index is 836. The highest BCUT2D eigenvalue weighted by Crippen LogP contribution is 2.26. The molecule has 1 aliphatic heterocycles. The minimum Gasteiger partial charge on any atom is -0.351 e. The fraction of sp³-hybridized carbons (Fsp3) is 0.438. The van der Waals surface area contributed by atoms with Crippen LogP contribution in [0.25, 0.3) is 4.96 Å². The van der Waals surface area contributed by atoms with Gasteiger partial charge in [-0.05, 0) is 12.0 Å². The summed E-state index contributed by atoms with van der Waals surface area (Å²) in [4.78, 5) is 12.4. The van der Waals surface area contributed by atoms with Gasteiger partial charge in [0, 0.05) is 57.1 Å². The molecule has 3 aromatic heterocycles. The van der Waals surface area contributed by atoms with Crippen LogP contribution < -0.4 is 5.32 Å². The first-order valence-corrected chi connectivity index (χ1v) is 8.96.